The van der Waals surface area contributed by atoms with E-state index >= 15 is 0 Å². The van der Waals surface area contributed by atoms with Gasteiger partial charge < -0.3 is 14.6 Å². The lowest BCUT2D eigenvalue weighted by Gasteiger charge is -2.29. The molecule has 0 radical (unpaired) electrons. The van der Waals surface area contributed by atoms with Gasteiger partial charge in [-0.15, -0.1) is 0 Å². The second kappa shape index (κ2) is 4.96. The third-order valence-electron chi connectivity index (χ3n) is 4.43. The van der Waals surface area contributed by atoms with Crippen molar-refractivity contribution >= 4 is 5.97 Å². The highest BCUT2D eigenvalue weighted by molar-refractivity contribution is 5.87. The Bertz CT molecular complexity index is 487. The third-order valence-corrected chi connectivity index (χ3v) is 4.43. The summed E-state index contributed by atoms with van der Waals surface area (Å²) in [4.78, 5) is 18.1. The van der Waals surface area contributed by atoms with E-state index in [4.69, 9.17) is 0 Å². The molecule has 0 saturated carbocycles. The molecule has 1 saturated heterocycles. The average Bonchev–Trinajstić information content (AvgIpc) is 2.79. The summed E-state index contributed by atoms with van der Waals surface area (Å²) in [5, 5.41) is 9.31. The van der Waals surface area contributed by atoms with Crippen LogP contribution in [0.15, 0.2) is 0 Å². The van der Waals surface area contributed by atoms with Crippen LogP contribution >= 0.6 is 0 Å². The van der Waals surface area contributed by atoms with Crippen molar-refractivity contribution in [1.82, 2.24) is 14.5 Å². The number of aromatic carboxylic acids is 1. The molecule has 0 spiro atoms. The number of carboxylic acids is 1. The fourth-order valence-corrected chi connectivity index (χ4v) is 3.32. The number of hydrogen-bond donors (Lipinski definition) is 1. The predicted molar refractivity (Wildman–Crippen MR) is 71.6 cm³/mol. The minimum atomic E-state index is -0.871. The number of hydrogen-bond acceptors (Lipinski definition) is 3. The van der Waals surface area contributed by atoms with E-state index < -0.39 is 5.97 Å². The molecule has 0 aliphatic carbocycles. The predicted octanol–water partition coefficient (Wildman–Crippen LogP) is 1.73. The van der Waals surface area contributed by atoms with Crippen LogP contribution in [0.1, 0.15) is 53.6 Å². The van der Waals surface area contributed by atoms with Gasteiger partial charge in [0, 0.05) is 12.5 Å². The first-order chi connectivity index (χ1) is 9.16. The van der Waals surface area contributed by atoms with Crippen molar-refractivity contribution in [3.63, 3.8) is 0 Å². The molecule has 0 amide bonds. The Kier molecular flexibility index (Phi) is 3.31. The monoisotopic (exact) mass is 263 g/mol. The van der Waals surface area contributed by atoms with Gasteiger partial charge in [0.2, 0.25) is 0 Å². The Labute approximate surface area is 113 Å². The van der Waals surface area contributed by atoms with Gasteiger partial charge in [-0.2, -0.15) is 0 Å². The minimum Gasteiger partial charge on any atom is -0.476 e. The lowest BCUT2D eigenvalue weighted by molar-refractivity contribution is 0.0689. The van der Waals surface area contributed by atoms with Crippen LogP contribution in [0.5, 0.6) is 0 Å². The van der Waals surface area contributed by atoms with E-state index in [1.54, 1.807) is 0 Å². The van der Waals surface area contributed by atoms with Gasteiger partial charge in [0.15, 0.2) is 5.69 Å². The molecule has 3 rings (SSSR count). The summed E-state index contributed by atoms with van der Waals surface area (Å²) in [6.45, 7) is 3.10. The smallest absolute Gasteiger partial charge is 0.356 e. The highest BCUT2D eigenvalue weighted by atomic mass is 16.4. The summed E-state index contributed by atoms with van der Waals surface area (Å²) in [6.07, 6.45) is 5.26. The number of rotatable bonds is 2. The van der Waals surface area contributed by atoms with Crippen LogP contribution in [0.4, 0.5) is 0 Å². The highest BCUT2D eigenvalue weighted by Gasteiger charge is 2.29. The fourth-order valence-electron chi connectivity index (χ4n) is 3.32. The minimum absolute atomic E-state index is 0.300. The Morgan fingerprint density at radius 3 is 2.68 bits per heavy atom. The average molecular weight is 263 g/mol. The maximum Gasteiger partial charge on any atom is 0.356 e. The van der Waals surface area contributed by atoms with Crippen LogP contribution in [-0.4, -0.2) is 45.7 Å². The number of aromatic nitrogens is 2. The first-order valence-electron chi connectivity index (χ1n) is 7.18. The number of carbonyl (C=O) groups is 1. The van der Waals surface area contributed by atoms with Gasteiger partial charge in [-0.3, -0.25) is 0 Å². The van der Waals surface area contributed by atoms with Crippen molar-refractivity contribution in [2.24, 2.45) is 0 Å². The SMILES string of the molecule is CN1CCC(c2nc(C(=O)O)c3n2CCCC3)CC1. The Balaban J connectivity index is 1.94. The molecule has 104 valence electrons. The van der Waals surface area contributed by atoms with Crippen LogP contribution in [0, 0.1) is 0 Å². The van der Waals surface area contributed by atoms with Gasteiger partial charge in [0.1, 0.15) is 5.82 Å². The molecule has 1 aromatic rings. The van der Waals surface area contributed by atoms with Gasteiger partial charge in [0.05, 0.1) is 5.69 Å². The first-order valence-corrected chi connectivity index (χ1v) is 7.18. The molecule has 0 aromatic carbocycles. The molecule has 19 heavy (non-hydrogen) atoms. The van der Waals surface area contributed by atoms with Crippen molar-refractivity contribution in [2.75, 3.05) is 20.1 Å². The summed E-state index contributed by atoms with van der Waals surface area (Å²) in [6, 6.07) is 0. The van der Waals surface area contributed by atoms with Crippen molar-refractivity contribution in [3.05, 3.63) is 17.2 Å². The standard InChI is InChI=1S/C14H21N3O2/c1-16-8-5-10(6-9-16)13-15-12(14(18)19)11-4-2-3-7-17(11)13/h10H,2-9H2,1H3,(H,18,19). The van der Waals surface area contributed by atoms with Crippen LogP contribution in [0.3, 0.4) is 0 Å². The van der Waals surface area contributed by atoms with Crippen molar-refractivity contribution in [3.8, 4) is 0 Å². The summed E-state index contributed by atoms with van der Waals surface area (Å²) >= 11 is 0. The fraction of sp³-hybridized carbons (Fsp3) is 0.714. The van der Waals surface area contributed by atoms with Crippen molar-refractivity contribution in [2.45, 2.75) is 44.6 Å². The summed E-state index contributed by atoms with van der Waals surface area (Å²) in [7, 11) is 2.14. The quantitative estimate of drug-likeness (QED) is 0.882. The van der Waals surface area contributed by atoms with Gasteiger partial charge in [-0.05, 0) is 52.2 Å². The second-order valence-corrected chi connectivity index (χ2v) is 5.76. The first kappa shape index (κ1) is 12.7. The van der Waals surface area contributed by atoms with Crippen molar-refractivity contribution in [1.29, 1.82) is 0 Å². The van der Waals surface area contributed by atoms with Gasteiger partial charge >= 0.3 is 5.97 Å². The zero-order chi connectivity index (χ0) is 13.4. The van der Waals surface area contributed by atoms with Crippen LogP contribution < -0.4 is 0 Å². The second-order valence-electron chi connectivity index (χ2n) is 5.76. The summed E-state index contributed by atoms with van der Waals surface area (Å²) < 4.78 is 2.20. The number of carboxylic acid groups (broad SMARTS) is 1. The topological polar surface area (TPSA) is 58.4 Å². The molecule has 1 aromatic heterocycles. The molecular weight excluding hydrogens is 242 g/mol. The Morgan fingerprint density at radius 2 is 2.00 bits per heavy atom. The number of imidazole rings is 1. The summed E-state index contributed by atoms with van der Waals surface area (Å²) in [5.41, 5.74) is 1.25. The molecule has 0 unspecified atom stereocenters. The zero-order valence-electron chi connectivity index (χ0n) is 11.4. The molecule has 5 heteroatoms. The molecule has 0 bridgehead atoms. The molecule has 1 fully saturated rings. The van der Waals surface area contributed by atoms with E-state index in [0.717, 1.165) is 63.3 Å². The van der Waals surface area contributed by atoms with E-state index in [9.17, 15) is 9.90 Å². The van der Waals surface area contributed by atoms with Crippen molar-refractivity contribution < 1.29 is 9.90 Å². The van der Waals surface area contributed by atoms with E-state index in [1.807, 2.05) is 0 Å². The number of piperidine rings is 1. The number of nitrogens with zero attached hydrogens (tertiary/aromatic N) is 3. The molecule has 2 aliphatic rings. The highest BCUT2D eigenvalue weighted by Crippen LogP contribution is 2.31. The maximum absolute atomic E-state index is 11.3. The number of fused-ring (bicyclic) bond motifs is 1. The van der Waals surface area contributed by atoms with Crippen LogP contribution in [0.25, 0.3) is 0 Å². The normalized spacial score (nSPS) is 21.3. The van der Waals surface area contributed by atoms with Crippen LogP contribution in [-0.2, 0) is 13.0 Å². The van der Waals surface area contributed by atoms with Crippen LogP contribution in [0.2, 0.25) is 0 Å². The largest absolute Gasteiger partial charge is 0.476 e. The molecule has 2 aliphatic heterocycles. The molecule has 5 nitrogen and oxygen atoms in total. The lowest BCUT2D eigenvalue weighted by Crippen LogP contribution is -2.30. The molecule has 3 heterocycles. The summed E-state index contributed by atoms with van der Waals surface area (Å²) in [5.74, 6) is 0.589. The zero-order valence-corrected chi connectivity index (χ0v) is 11.4. The van der Waals surface area contributed by atoms with Gasteiger partial charge in [0.25, 0.3) is 0 Å². The van der Waals surface area contributed by atoms with E-state index in [0.29, 0.717) is 11.6 Å². The van der Waals surface area contributed by atoms with E-state index in [-0.39, 0.29) is 0 Å². The maximum atomic E-state index is 11.3. The van der Waals surface area contributed by atoms with Gasteiger partial charge in [-0.25, -0.2) is 9.78 Å². The Hall–Kier alpha value is -1.36. The Morgan fingerprint density at radius 1 is 1.26 bits per heavy atom. The molecular formula is C14H21N3O2. The molecule has 0 atom stereocenters. The molecule has 1 N–H and O–H groups in total. The lowest BCUT2D eigenvalue weighted by atomic mass is 9.96. The van der Waals surface area contributed by atoms with E-state index in [1.165, 1.54) is 0 Å². The third kappa shape index (κ3) is 2.27. The van der Waals surface area contributed by atoms with Gasteiger partial charge in [-0.1, -0.05) is 0 Å². The number of likely N-dealkylation sites (tertiary alicyclic amines) is 1. The van der Waals surface area contributed by atoms with E-state index in [2.05, 4.69) is 21.5 Å².